The topological polar surface area (TPSA) is 88.9 Å². The summed E-state index contributed by atoms with van der Waals surface area (Å²) in [6.07, 6.45) is -3.45. The average Bonchev–Trinajstić information content (AvgIpc) is 2.97. The number of non-ortho nitro benzene ring substituents is 1. The Bertz CT molecular complexity index is 963. The Kier molecular flexibility index (Phi) is 3.55. The quantitative estimate of drug-likeness (QED) is 0.449. The van der Waals surface area contributed by atoms with Gasteiger partial charge in [0.1, 0.15) is 16.9 Å². The Morgan fingerprint density at radius 2 is 1.88 bits per heavy atom. The predicted octanol–water partition coefficient (Wildman–Crippen LogP) is 3.72. The number of rotatable bonds is 3. The molecular weight excluding hydrogens is 327 g/mol. The maximum absolute atomic E-state index is 12.7. The van der Waals surface area contributed by atoms with Crippen molar-refractivity contribution < 1.29 is 22.9 Å². The Balaban J connectivity index is 2.10. The minimum absolute atomic E-state index is 0.0144. The van der Waals surface area contributed by atoms with Gasteiger partial charge in [-0.15, -0.1) is 0 Å². The van der Waals surface area contributed by atoms with Crippen LogP contribution in [0.5, 0.6) is 0 Å². The summed E-state index contributed by atoms with van der Waals surface area (Å²) in [5.74, 6) is -0.757. The van der Waals surface area contributed by atoms with Crippen LogP contribution in [0, 0.1) is 10.1 Å². The molecule has 6 nitrogen and oxygen atoms in total. The largest absolute Gasteiger partial charge is 0.433 e. The van der Waals surface area contributed by atoms with Crippen LogP contribution in [0.2, 0.25) is 0 Å². The lowest BCUT2D eigenvalue weighted by molar-refractivity contribution is -0.383. The number of nitro groups is 1. The molecule has 1 aromatic carbocycles. The average molecular weight is 335 g/mol. The van der Waals surface area contributed by atoms with Gasteiger partial charge in [0.15, 0.2) is 0 Å². The number of carbonyl (C=O) groups is 1. The number of para-hydroxylation sites is 1. The summed E-state index contributed by atoms with van der Waals surface area (Å²) in [6, 6.07) is 7.13. The van der Waals surface area contributed by atoms with Crippen molar-refractivity contribution in [1.29, 1.82) is 0 Å². The number of nitrogens with zero attached hydrogens (tertiary/aromatic N) is 2. The summed E-state index contributed by atoms with van der Waals surface area (Å²) in [5.41, 5.74) is -1.67. The maximum atomic E-state index is 12.7. The Labute approximate surface area is 132 Å². The highest BCUT2D eigenvalue weighted by atomic mass is 19.4. The standard InChI is InChI=1S/C15H8F3N3O3/c16-15(17,18)12-6-2-4-10(20-12)14(22)9-7-19-13-8(9)3-1-5-11(13)21(23)24/h1-7,19H. The molecule has 0 aliphatic heterocycles. The number of nitro benzene ring substituents is 1. The number of aromatic nitrogens is 2. The highest BCUT2D eigenvalue weighted by Crippen LogP contribution is 2.30. The van der Waals surface area contributed by atoms with Gasteiger partial charge in [0.25, 0.3) is 5.69 Å². The first kappa shape index (κ1) is 15.7. The third-order valence-corrected chi connectivity index (χ3v) is 3.41. The molecule has 0 radical (unpaired) electrons. The second-order valence-corrected chi connectivity index (χ2v) is 4.89. The fraction of sp³-hybridized carbons (Fsp3) is 0.0667. The van der Waals surface area contributed by atoms with Crippen LogP contribution in [0.15, 0.2) is 42.6 Å². The number of aromatic amines is 1. The number of pyridine rings is 1. The number of alkyl halides is 3. The van der Waals surface area contributed by atoms with Gasteiger partial charge in [-0.2, -0.15) is 13.2 Å². The fourth-order valence-electron chi connectivity index (χ4n) is 2.34. The van der Waals surface area contributed by atoms with E-state index >= 15 is 0 Å². The molecule has 0 aliphatic rings. The molecule has 24 heavy (non-hydrogen) atoms. The van der Waals surface area contributed by atoms with Gasteiger partial charge in [-0.3, -0.25) is 14.9 Å². The Morgan fingerprint density at radius 1 is 1.17 bits per heavy atom. The van der Waals surface area contributed by atoms with E-state index in [0.29, 0.717) is 0 Å². The fourth-order valence-corrected chi connectivity index (χ4v) is 2.34. The smallest absolute Gasteiger partial charge is 0.355 e. The third-order valence-electron chi connectivity index (χ3n) is 3.41. The van der Waals surface area contributed by atoms with E-state index in [1.54, 1.807) is 0 Å². The molecule has 3 aromatic rings. The van der Waals surface area contributed by atoms with Crippen LogP contribution in [0.3, 0.4) is 0 Å². The lowest BCUT2D eigenvalue weighted by Gasteiger charge is -2.06. The molecule has 2 heterocycles. The minimum atomic E-state index is -4.67. The van der Waals surface area contributed by atoms with Crippen LogP contribution >= 0.6 is 0 Å². The second kappa shape index (κ2) is 5.44. The molecule has 0 saturated heterocycles. The monoisotopic (exact) mass is 335 g/mol. The van der Waals surface area contributed by atoms with Gasteiger partial charge in [-0.05, 0) is 12.1 Å². The summed E-state index contributed by atoms with van der Waals surface area (Å²) < 4.78 is 38.1. The zero-order valence-corrected chi connectivity index (χ0v) is 11.8. The van der Waals surface area contributed by atoms with Crippen LogP contribution in [-0.2, 0) is 6.18 Å². The zero-order valence-electron chi connectivity index (χ0n) is 11.8. The first-order chi connectivity index (χ1) is 11.3. The van der Waals surface area contributed by atoms with Crippen molar-refractivity contribution >= 4 is 22.4 Å². The van der Waals surface area contributed by atoms with E-state index in [2.05, 4.69) is 9.97 Å². The van der Waals surface area contributed by atoms with Crippen LogP contribution in [0.1, 0.15) is 21.7 Å². The van der Waals surface area contributed by atoms with E-state index in [4.69, 9.17) is 0 Å². The molecular formula is C15H8F3N3O3. The van der Waals surface area contributed by atoms with Gasteiger partial charge in [-0.25, -0.2) is 4.98 Å². The number of carbonyl (C=O) groups excluding carboxylic acids is 1. The van der Waals surface area contributed by atoms with Gasteiger partial charge in [-0.1, -0.05) is 18.2 Å². The molecule has 1 N–H and O–H groups in total. The molecule has 9 heteroatoms. The van der Waals surface area contributed by atoms with E-state index in [0.717, 1.165) is 18.2 Å². The Hall–Kier alpha value is -3.23. The molecule has 0 atom stereocenters. The first-order valence-electron chi connectivity index (χ1n) is 6.62. The second-order valence-electron chi connectivity index (χ2n) is 4.89. The van der Waals surface area contributed by atoms with Crippen LogP contribution < -0.4 is 0 Å². The van der Waals surface area contributed by atoms with Gasteiger partial charge in [0.2, 0.25) is 5.78 Å². The molecule has 0 amide bonds. The number of nitrogens with one attached hydrogen (secondary N) is 1. The van der Waals surface area contributed by atoms with Gasteiger partial charge in [0, 0.05) is 23.2 Å². The summed E-state index contributed by atoms with van der Waals surface area (Å²) in [4.78, 5) is 28.8. The molecule has 3 rings (SSSR count). The highest BCUT2D eigenvalue weighted by Gasteiger charge is 2.33. The van der Waals surface area contributed by atoms with Crippen molar-refractivity contribution in [2.24, 2.45) is 0 Å². The van der Waals surface area contributed by atoms with Crippen LogP contribution in [0.25, 0.3) is 10.9 Å². The molecule has 0 bridgehead atoms. The molecule has 122 valence electrons. The molecule has 0 saturated carbocycles. The number of hydrogen-bond acceptors (Lipinski definition) is 4. The number of hydrogen-bond donors (Lipinski definition) is 1. The summed E-state index contributed by atoms with van der Waals surface area (Å²) >= 11 is 0. The van der Waals surface area contributed by atoms with E-state index in [-0.39, 0.29) is 22.2 Å². The van der Waals surface area contributed by atoms with Gasteiger partial charge in [0.05, 0.1) is 4.92 Å². The van der Waals surface area contributed by atoms with Crippen molar-refractivity contribution in [3.63, 3.8) is 0 Å². The third kappa shape index (κ3) is 2.60. The summed E-state index contributed by atoms with van der Waals surface area (Å²) in [7, 11) is 0. The van der Waals surface area contributed by atoms with Crippen molar-refractivity contribution in [1.82, 2.24) is 9.97 Å². The molecule has 0 unspecified atom stereocenters. The van der Waals surface area contributed by atoms with E-state index in [9.17, 15) is 28.1 Å². The predicted molar refractivity (Wildman–Crippen MR) is 77.6 cm³/mol. The molecule has 0 spiro atoms. The van der Waals surface area contributed by atoms with Crippen molar-refractivity contribution in [2.45, 2.75) is 6.18 Å². The van der Waals surface area contributed by atoms with Crippen molar-refractivity contribution in [3.05, 3.63) is 69.7 Å². The minimum Gasteiger partial charge on any atom is -0.355 e. The number of fused-ring (bicyclic) bond motifs is 1. The van der Waals surface area contributed by atoms with E-state index in [1.807, 2.05) is 0 Å². The molecule has 0 fully saturated rings. The van der Waals surface area contributed by atoms with E-state index < -0.39 is 28.3 Å². The highest BCUT2D eigenvalue weighted by molar-refractivity contribution is 6.16. The lowest BCUT2D eigenvalue weighted by atomic mass is 10.1. The van der Waals surface area contributed by atoms with Gasteiger partial charge >= 0.3 is 6.18 Å². The SMILES string of the molecule is O=C(c1cccc(C(F)(F)F)n1)c1c[nH]c2c([N+](=O)[O-])cccc12. The zero-order chi connectivity index (χ0) is 17.5. The van der Waals surface area contributed by atoms with E-state index in [1.165, 1.54) is 24.4 Å². The van der Waals surface area contributed by atoms with Gasteiger partial charge < -0.3 is 4.98 Å². The first-order valence-corrected chi connectivity index (χ1v) is 6.62. The summed E-state index contributed by atoms with van der Waals surface area (Å²) in [6.45, 7) is 0. The Morgan fingerprint density at radius 3 is 2.54 bits per heavy atom. The molecule has 0 aliphatic carbocycles. The number of H-pyrrole nitrogens is 1. The lowest BCUT2D eigenvalue weighted by Crippen LogP contribution is -2.12. The normalized spacial score (nSPS) is 11.6. The molecule has 2 aromatic heterocycles. The van der Waals surface area contributed by atoms with Crippen molar-refractivity contribution in [2.75, 3.05) is 0 Å². The van der Waals surface area contributed by atoms with Crippen LogP contribution in [0.4, 0.5) is 18.9 Å². The maximum Gasteiger partial charge on any atom is 0.433 e. The van der Waals surface area contributed by atoms with Crippen molar-refractivity contribution in [3.8, 4) is 0 Å². The number of halogens is 3. The summed E-state index contributed by atoms with van der Waals surface area (Å²) in [5, 5.41) is 11.2. The number of ketones is 1. The van der Waals surface area contributed by atoms with Crippen LogP contribution in [-0.4, -0.2) is 20.7 Å². The number of benzene rings is 1.